The molecule has 1 aromatic rings. The van der Waals surface area contributed by atoms with Crippen LogP contribution in [0.2, 0.25) is 0 Å². The van der Waals surface area contributed by atoms with E-state index in [2.05, 4.69) is 4.72 Å². The first-order valence-electron chi connectivity index (χ1n) is 6.21. The van der Waals surface area contributed by atoms with Crippen LogP contribution >= 0.6 is 0 Å². The lowest BCUT2D eigenvalue weighted by Gasteiger charge is -2.20. The topological polar surface area (TPSA) is 92.7 Å². The van der Waals surface area contributed by atoms with Crippen LogP contribution in [0.1, 0.15) is 20.3 Å². The zero-order valence-corrected chi connectivity index (χ0v) is 12.5. The van der Waals surface area contributed by atoms with Crippen molar-refractivity contribution in [2.45, 2.75) is 31.2 Å². The number of rotatable bonds is 7. The average molecular weight is 301 g/mol. The Bertz CT molecular complexity index is 570. The summed E-state index contributed by atoms with van der Waals surface area (Å²) in [6, 6.07) is 4.73. The highest BCUT2D eigenvalue weighted by atomic mass is 32.2. The molecule has 0 spiro atoms. The maximum absolute atomic E-state index is 12.2. The molecule has 0 radical (unpaired) electrons. The van der Waals surface area contributed by atoms with E-state index in [9.17, 15) is 13.2 Å². The first kappa shape index (κ1) is 16.5. The normalized spacial score (nSPS) is 14.6. The lowest BCUT2D eigenvalue weighted by atomic mass is 10.0. The lowest BCUT2D eigenvalue weighted by molar-refractivity contribution is -0.140. The maximum Gasteiger partial charge on any atom is 0.322 e. The van der Waals surface area contributed by atoms with E-state index in [0.717, 1.165) is 0 Å². The highest BCUT2D eigenvalue weighted by molar-refractivity contribution is 7.89. The lowest BCUT2D eigenvalue weighted by Crippen LogP contribution is -2.44. The van der Waals surface area contributed by atoms with Gasteiger partial charge in [0.15, 0.2) is 0 Å². The van der Waals surface area contributed by atoms with Gasteiger partial charge in [0.2, 0.25) is 10.0 Å². The van der Waals surface area contributed by atoms with Crippen LogP contribution < -0.4 is 9.46 Å². The smallest absolute Gasteiger partial charge is 0.322 e. The second-order valence-electron chi connectivity index (χ2n) is 4.50. The van der Waals surface area contributed by atoms with Gasteiger partial charge < -0.3 is 9.84 Å². The highest BCUT2D eigenvalue weighted by Crippen LogP contribution is 2.18. The Kier molecular flexibility index (Phi) is 5.52. The number of nitrogens with one attached hydrogen (secondary N) is 1. The van der Waals surface area contributed by atoms with Crippen LogP contribution in [-0.4, -0.2) is 32.6 Å². The van der Waals surface area contributed by atoms with Gasteiger partial charge in [0.25, 0.3) is 0 Å². The van der Waals surface area contributed by atoms with Crippen molar-refractivity contribution in [1.82, 2.24) is 4.72 Å². The third kappa shape index (κ3) is 3.94. The van der Waals surface area contributed by atoms with Crippen LogP contribution in [-0.2, 0) is 14.8 Å². The van der Waals surface area contributed by atoms with Gasteiger partial charge in [0.1, 0.15) is 11.8 Å². The Morgan fingerprint density at radius 1 is 1.45 bits per heavy atom. The molecule has 7 heteroatoms. The van der Waals surface area contributed by atoms with Crippen LogP contribution in [0.5, 0.6) is 5.75 Å². The fourth-order valence-electron chi connectivity index (χ4n) is 1.65. The molecule has 1 unspecified atom stereocenters. The standard InChI is InChI=1S/C13H19NO5S/c1-4-9(2)12(13(15)16)14-20(17,18)11-7-5-6-10(8-11)19-3/h5-9,12,14H,4H2,1-3H3,(H,15,16)/t9?,12-/m0/s1. The number of carboxylic acid groups (broad SMARTS) is 1. The molecule has 20 heavy (non-hydrogen) atoms. The minimum Gasteiger partial charge on any atom is -0.497 e. The van der Waals surface area contributed by atoms with Crippen molar-refractivity contribution in [2.75, 3.05) is 7.11 Å². The summed E-state index contributed by atoms with van der Waals surface area (Å²) in [5, 5.41) is 9.13. The molecule has 0 saturated carbocycles. The van der Waals surface area contributed by atoms with Gasteiger partial charge >= 0.3 is 5.97 Å². The molecule has 2 N–H and O–H groups in total. The molecule has 0 saturated heterocycles. The summed E-state index contributed by atoms with van der Waals surface area (Å²) in [7, 11) is -2.47. The van der Waals surface area contributed by atoms with Crippen LogP contribution in [0, 0.1) is 5.92 Å². The fraction of sp³-hybridized carbons (Fsp3) is 0.462. The van der Waals surface area contributed by atoms with Crippen LogP contribution in [0.4, 0.5) is 0 Å². The Hall–Kier alpha value is -1.60. The third-order valence-corrected chi connectivity index (χ3v) is 4.55. The number of aliphatic carboxylic acids is 1. The van der Waals surface area contributed by atoms with E-state index in [1.54, 1.807) is 19.9 Å². The quantitative estimate of drug-likeness (QED) is 0.795. The molecular weight excluding hydrogens is 282 g/mol. The average Bonchev–Trinajstić information content (AvgIpc) is 2.43. The summed E-state index contributed by atoms with van der Waals surface area (Å²) >= 11 is 0. The molecule has 0 bridgehead atoms. The summed E-state index contributed by atoms with van der Waals surface area (Å²) in [5.74, 6) is -1.11. The van der Waals surface area contributed by atoms with Gasteiger partial charge in [-0.05, 0) is 18.1 Å². The fourth-order valence-corrected chi connectivity index (χ4v) is 2.98. The summed E-state index contributed by atoms with van der Waals surface area (Å²) in [6.07, 6.45) is 0.553. The Labute approximate surface area is 118 Å². The van der Waals surface area contributed by atoms with Gasteiger partial charge in [-0.25, -0.2) is 8.42 Å². The molecule has 0 fully saturated rings. The Balaban J connectivity index is 3.06. The maximum atomic E-state index is 12.2. The molecule has 0 aliphatic carbocycles. The van der Waals surface area contributed by atoms with Crippen molar-refractivity contribution in [1.29, 1.82) is 0 Å². The molecule has 0 aromatic heterocycles. The number of ether oxygens (including phenoxy) is 1. The monoisotopic (exact) mass is 301 g/mol. The first-order valence-corrected chi connectivity index (χ1v) is 7.69. The van der Waals surface area contributed by atoms with E-state index in [-0.39, 0.29) is 10.8 Å². The summed E-state index contributed by atoms with van der Waals surface area (Å²) in [4.78, 5) is 11.2. The summed E-state index contributed by atoms with van der Waals surface area (Å²) < 4.78 is 31.6. The van der Waals surface area contributed by atoms with Gasteiger partial charge in [-0.15, -0.1) is 0 Å². The summed E-state index contributed by atoms with van der Waals surface area (Å²) in [5.41, 5.74) is 0. The number of carbonyl (C=O) groups is 1. The SMILES string of the molecule is CCC(C)[C@H](NS(=O)(=O)c1cccc(OC)c1)C(=O)O. The number of hydrogen-bond acceptors (Lipinski definition) is 4. The molecule has 1 aromatic carbocycles. The number of carboxylic acids is 1. The van der Waals surface area contributed by atoms with E-state index in [1.165, 1.54) is 25.3 Å². The van der Waals surface area contributed by atoms with Crippen molar-refractivity contribution in [2.24, 2.45) is 5.92 Å². The minimum atomic E-state index is -3.90. The zero-order valence-electron chi connectivity index (χ0n) is 11.7. The van der Waals surface area contributed by atoms with Gasteiger partial charge in [-0.3, -0.25) is 4.79 Å². The van der Waals surface area contributed by atoms with Gasteiger partial charge in [0.05, 0.1) is 12.0 Å². The van der Waals surface area contributed by atoms with Gasteiger partial charge in [0, 0.05) is 6.07 Å². The van der Waals surface area contributed by atoms with E-state index >= 15 is 0 Å². The number of methoxy groups -OCH3 is 1. The molecule has 0 aliphatic rings. The van der Waals surface area contributed by atoms with E-state index < -0.39 is 22.0 Å². The van der Waals surface area contributed by atoms with Crippen LogP contribution in [0.15, 0.2) is 29.2 Å². The van der Waals surface area contributed by atoms with Gasteiger partial charge in [-0.2, -0.15) is 4.72 Å². The third-order valence-electron chi connectivity index (χ3n) is 3.11. The number of benzene rings is 1. The zero-order chi connectivity index (χ0) is 15.3. The molecule has 112 valence electrons. The second kappa shape index (κ2) is 6.71. The first-order chi connectivity index (χ1) is 9.31. The predicted molar refractivity (Wildman–Crippen MR) is 74.2 cm³/mol. The molecular formula is C13H19NO5S. The van der Waals surface area contributed by atoms with Crippen molar-refractivity contribution in [3.8, 4) is 5.75 Å². The molecule has 0 amide bonds. The molecule has 2 atom stereocenters. The number of hydrogen-bond donors (Lipinski definition) is 2. The van der Waals surface area contributed by atoms with Gasteiger partial charge in [-0.1, -0.05) is 26.3 Å². The van der Waals surface area contributed by atoms with Crippen molar-refractivity contribution >= 4 is 16.0 Å². The Morgan fingerprint density at radius 2 is 2.10 bits per heavy atom. The van der Waals surface area contributed by atoms with Crippen molar-refractivity contribution in [3.05, 3.63) is 24.3 Å². The van der Waals surface area contributed by atoms with E-state index in [1.807, 2.05) is 0 Å². The highest BCUT2D eigenvalue weighted by Gasteiger charge is 2.29. The molecule has 0 heterocycles. The largest absolute Gasteiger partial charge is 0.497 e. The van der Waals surface area contributed by atoms with Crippen molar-refractivity contribution in [3.63, 3.8) is 0 Å². The molecule has 1 rings (SSSR count). The van der Waals surface area contributed by atoms with E-state index in [4.69, 9.17) is 9.84 Å². The number of sulfonamides is 1. The minimum absolute atomic E-state index is 0.0218. The molecule has 6 nitrogen and oxygen atoms in total. The predicted octanol–water partition coefficient (Wildman–Crippen LogP) is 1.47. The van der Waals surface area contributed by atoms with Crippen LogP contribution in [0.3, 0.4) is 0 Å². The van der Waals surface area contributed by atoms with E-state index in [0.29, 0.717) is 12.2 Å². The Morgan fingerprint density at radius 3 is 2.60 bits per heavy atom. The summed E-state index contributed by atoms with van der Waals surface area (Å²) in [6.45, 7) is 3.49. The molecule has 0 aliphatic heterocycles. The van der Waals surface area contributed by atoms with Crippen molar-refractivity contribution < 1.29 is 23.1 Å². The second-order valence-corrected chi connectivity index (χ2v) is 6.22. The van der Waals surface area contributed by atoms with Crippen LogP contribution in [0.25, 0.3) is 0 Å².